The summed E-state index contributed by atoms with van der Waals surface area (Å²) in [4.78, 5) is 11.9. The van der Waals surface area contributed by atoms with Crippen molar-refractivity contribution in [3.8, 4) is 0 Å². The molecular formula is C12H18O3. The maximum atomic E-state index is 11.9. The molecule has 4 unspecified atom stereocenters. The second-order valence-electron chi connectivity index (χ2n) is 5.22. The minimum absolute atomic E-state index is 0.0312. The summed E-state index contributed by atoms with van der Waals surface area (Å²) in [7, 11) is 1.50. The first kappa shape index (κ1) is 9.64. The summed E-state index contributed by atoms with van der Waals surface area (Å²) < 4.78 is 10.9. The van der Waals surface area contributed by atoms with Crippen molar-refractivity contribution in [3.05, 3.63) is 0 Å². The molecule has 15 heavy (non-hydrogen) atoms. The average molecular weight is 210 g/mol. The van der Waals surface area contributed by atoms with Crippen LogP contribution in [0.2, 0.25) is 0 Å². The first-order valence-electron chi connectivity index (χ1n) is 5.99. The van der Waals surface area contributed by atoms with Gasteiger partial charge in [-0.2, -0.15) is 0 Å². The van der Waals surface area contributed by atoms with Gasteiger partial charge in [0.25, 0.3) is 0 Å². The van der Waals surface area contributed by atoms with Crippen LogP contribution < -0.4 is 0 Å². The van der Waals surface area contributed by atoms with Crippen LogP contribution in [0.5, 0.6) is 0 Å². The number of methoxy groups -OCH3 is 1. The van der Waals surface area contributed by atoms with E-state index in [2.05, 4.69) is 0 Å². The van der Waals surface area contributed by atoms with Gasteiger partial charge >= 0.3 is 5.97 Å². The van der Waals surface area contributed by atoms with Gasteiger partial charge in [0.1, 0.15) is 0 Å². The lowest BCUT2D eigenvalue weighted by atomic mass is 9.73. The highest BCUT2D eigenvalue weighted by Gasteiger charge is 2.61. The monoisotopic (exact) mass is 210 g/mol. The van der Waals surface area contributed by atoms with Gasteiger partial charge in [0.15, 0.2) is 0 Å². The highest BCUT2D eigenvalue weighted by molar-refractivity contribution is 5.75. The standard InChI is InChI=1S/C12H18O3/c1-14-11(13)10-9-7-8(9)3-5-12(10)4-2-6-15-12/h8-10H,2-7H2,1H3. The minimum Gasteiger partial charge on any atom is -0.469 e. The van der Waals surface area contributed by atoms with Gasteiger partial charge in [-0.15, -0.1) is 0 Å². The Labute approximate surface area is 90.1 Å². The number of hydrogen-bond donors (Lipinski definition) is 0. The van der Waals surface area contributed by atoms with Gasteiger partial charge in [0.05, 0.1) is 18.6 Å². The van der Waals surface area contributed by atoms with E-state index in [9.17, 15) is 4.79 Å². The lowest BCUT2D eigenvalue weighted by Crippen LogP contribution is -2.46. The van der Waals surface area contributed by atoms with Gasteiger partial charge in [0, 0.05) is 6.61 Å². The molecule has 0 amide bonds. The van der Waals surface area contributed by atoms with Crippen molar-refractivity contribution in [2.75, 3.05) is 13.7 Å². The van der Waals surface area contributed by atoms with E-state index >= 15 is 0 Å². The maximum absolute atomic E-state index is 11.9. The molecule has 4 atom stereocenters. The van der Waals surface area contributed by atoms with Crippen molar-refractivity contribution >= 4 is 5.97 Å². The highest BCUT2D eigenvalue weighted by Crippen LogP contribution is 2.59. The predicted molar refractivity (Wildman–Crippen MR) is 54.3 cm³/mol. The van der Waals surface area contributed by atoms with Crippen LogP contribution in [-0.4, -0.2) is 25.3 Å². The van der Waals surface area contributed by atoms with E-state index in [0.29, 0.717) is 5.92 Å². The number of rotatable bonds is 1. The summed E-state index contributed by atoms with van der Waals surface area (Å²) in [6, 6.07) is 0. The van der Waals surface area contributed by atoms with Crippen molar-refractivity contribution in [1.29, 1.82) is 0 Å². The SMILES string of the molecule is COC(=O)C1C2CC2CCC12CCCO2. The molecule has 1 saturated heterocycles. The molecule has 3 aliphatic rings. The van der Waals surface area contributed by atoms with E-state index in [1.54, 1.807) is 0 Å². The third kappa shape index (κ3) is 1.32. The first-order valence-corrected chi connectivity index (χ1v) is 5.99. The fraction of sp³-hybridized carbons (Fsp3) is 0.917. The number of esters is 1. The summed E-state index contributed by atoms with van der Waals surface area (Å²) in [5, 5.41) is 0. The third-order valence-electron chi connectivity index (χ3n) is 4.50. The van der Waals surface area contributed by atoms with E-state index < -0.39 is 0 Å². The van der Waals surface area contributed by atoms with E-state index in [1.807, 2.05) is 0 Å². The summed E-state index contributed by atoms with van der Waals surface area (Å²) in [6.07, 6.45) is 5.68. The Bertz CT molecular complexity index is 281. The van der Waals surface area contributed by atoms with Crippen molar-refractivity contribution in [1.82, 2.24) is 0 Å². The maximum Gasteiger partial charge on any atom is 0.311 e. The molecule has 0 bridgehead atoms. The molecule has 84 valence electrons. The summed E-state index contributed by atoms with van der Waals surface area (Å²) in [5.74, 6) is 1.33. The zero-order valence-electron chi connectivity index (χ0n) is 9.20. The van der Waals surface area contributed by atoms with Gasteiger partial charge < -0.3 is 9.47 Å². The van der Waals surface area contributed by atoms with Crippen LogP contribution in [0.15, 0.2) is 0 Å². The molecule has 1 spiro atoms. The van der Waals surface area contributed by atoms with Crippen LogP contribution in [0.25, 0.3) is 0 Å². The molecule has 3 heteroatoms. The normalized spacial score (nSPS) is 47.7. The molecule has 2 aliphatic carbocycles. The number of hydrogen-bond acceptors (Lipinski definition) is 3. The number of carbonyl (C=O) groups is 1. The Morgan fingerprint density at radius 2 is 2.33 bits per heavy atom. The highest BCUT2D eigenvalue weighted by atomic mass is 16.5. The van der Waals surface area contributed by atoms with Crippen LogP contribution >= 0.6 is 0 Å². The molecule has 3 fully saturated rings. The van der Waals surface area contributed by atoms with Crippen LogP contribution in [0.4, 0.5) is 0 Å². The molecule has 0 N–H and O–H groups in total. The second-order valence-corrected chi connectivity index (χ2v) is 5.22. The number of carbonyl (C=O) groups excluding carboxylic acids is 1. The number of fused-ring (bicyclic) bond motifs is 1. The molecule has 0 aromatic rings. The zero-order valence-corrected chi connectivity index (χ0v) is 9.20. The van der Waals surface area contributed by atoms with E-state index in [-0.39, 0.29) is 17.5 Å². The zero-order chi connectivity index (χ0) is 10.5. The Balaban J connectivity index is 1.87. The van der Waals surface area contributed by atoms with Crippen LogP contribution in [0, 0.1) is 17.8 Å². The van der Waals surface area contributed by atoms with E-state index in [1.165, 1.54) is 20.0 Å². The van der Waals surface area contributed by atoms with Gasteiger partial charge in [-0.05, 0) is 43.9 Å². The quantitative estimate of drug-likeness (QED) is 0.619. The average Bonchev–Trinajstić information content (AvgIpc) is 2.89. The summed E-state index contributed by atoms with van der Waals surface area (Å²) >= 11 is 0. The number of ether oxygens (including phenoxy) is 2. The molecule has 1 heterocycles. The lowest BCUT2D eigenvalue weighted by molar-refractivity contribution is -0.162. The fourth-order valence-corrected chi connectivity index (χ4v) is 3.66. The van der Waals surface area contributed by atoms with E-state index in [0.717, 1.165) is 31.8 Å². The first-order chi connectivity index (χ1) is 7.27. The van der Waals surface area contributed by atoms with Crippen molar-refractivity contribution in [2.24, 2.45) is 17.8 Å². The Morgan fingerprint density at radius 1 is 1.47 bits per heavy atom. The topological polar surface area (TPSA) is 35.5 Å². The molecule has 0 aromatic heterocycles. The molecule has 0 aromatic carbocycles. The largest absolute Gasteiger partial charge is 0.469 e. The Morgan fingerprint density at radius 3 is 3.00 bits per heavy atom. The molecule has 2 saturated carbocycles. The smallest absolute Gasteiger partial charge is 0.311 e. The molecule has 0 radical (unpaired) electrons. The second kappa shape index (κ2) is 3.21. The fourth-order valence-electron chi connectivity index (χ4n) is 3.66. The van der Waals surface area contributed by atoms with Crippen molar-refractivity contribution in [3.63, 3.8) is 0 Å². The molecule has 3 nitrogen and oxygen atoms in total. The van der Waals surface area contributed by atoms with Crippen LogP contribution in [0.3, 0.4) is 0 Å². The van der Waals surface area contributed by atoms with Crippen LogP contribution in [0.1, 0.15) is 32.1 Å². The minimum atomic E-state index is -0.148. The Hall–Kier alpha value is -0.570. The molecule has 1 aliphatic heterocycles. The van der Waals surface area contributed by atoms with Gasteiger partial charge in [-0.3, -0.25) is 4.79 Å². The van der Waals surface area contributed by atoms with Gasteiger partial charge in [0.2, 0.25) is 0 Å². The lowest BCUT2D eigenvalue weighted by Gasteiger charge is -2.38. The predicted octanol–water partition coefficient (Wildman–Crippen LogP) is 1.75. The third-order valence-corrected chi connectivity index (χ3v) is 4.50. The van der Waals surface area contributed by atoms with Crippen molar-refractivity contribution < 1.29 is 14.3 Å². The van der Waals surface area contributed by atoms with Crippen molar-refractivity contribution in [2.45, 2.75) is 37.7 Å². The van der Waals surface area contributed by atoms with Crippen LogP contribution in [-0.2, 0) is 14.3 Å². The summed E-state index contributed by atoms with van der Waals surface area (Å²) in [5.41, 5.74) is -0.148. The van der Waals surface area contributed by atoms with E-state index in [4.69, 9.17) is 9.47 Å². The Kier molecular flexibility index (Phi) is 2.06. The molecule has 3 rings (SSSR count). The molecular weight excluding hydrogens is 192 g/mol. The summed E-state index contributed by atoms with van der Waals surface area (Å²) in [6.45, 7) is 0.824. The van der Waals surface area contributed by atoms with Gasteiger partial charge in [-0.1, -0.05) is 0 Å². The van der Waals surface area contributed by atoms with Gasteiger partial charge in [-0.25, -0.2) is 0 Å².